The number of carbonyl (C=O) groups excluding carboxylic acids is 1. The average molecular weight is 155 g/mol. The zero-order chi connectivity index (χ0) is 8.27. The van der Waals surface area contributed by atoms with Crippen molar-refractivity contribution in [2.75, 3.05) is 20.1 Å². The van der Waals surface area contributed by atoms with Crippen LogP contribution in [0.25, 0.3) is 0 Å². The van der Waals surface area contributed by atoms with Gasteiger partial charge in [0.25, 0.3) is 5.91 Å². The van der Waals surface area contributed by atoms with Crippen LogP contribution in [0, 0.1) is 0 Å². The fraction of sp³-hybridized carbons (Fsp3) is 0.571. The number of hydrogen-bond acceptors (Lipinski definition) is 3. The van der Waals surface area contributed by atoms with E-state index in [1.54, 1.807) is 10.1 Å². The first-order chi connectivity index (χ1) is 5.25. The normalized spacial score (nSPS) is 19.9. The minimum absolute atomic E-state index is 0.0558. The summed E-state index contributed by atoms with van der Waals surface area (Å²) in [7, 11) is 1.82. The van der Waals surface area contributed by atoms with Crippen LogP contribution in [-0.2, 0) is 4.79 Å². The molecular formula is C7H13N3O. The van der Waals surface area contributed by atoms with Crippen LogP contribution < -0.4 is 5.43 Å². The van der Waals surface area contributed by atoms with Crippen LogP contribution in [-0.4, -0.2) is 36.2 Å². The Kier molecular flexibility index (Phi) is 2.62. The molecule has 1 aliphatic rings. The summed E-state index contributed by atoms with van der Waals surface area (Å²) in [5.74, 6) is -0.0558. The van der Waals surface area contributed by atoms with Crippen molar-refractivity contribution < 1.29 is 4.79 Å². The van der Waals surface area contributed by atoms with Crippen molar-refractivity contribution >= 4 is 5.91 Å². The Morgan fingerprint density at radius 1 is 1.73 bits per heavy atom. The quantitative estimate of drug-likeness (QED) is 0.531. The summed E-state index contributed by atoms with van der Waals surface area (Å²) < 4.78 is 0. The largest absolute Gasteiger partial charge is 0.268 e. The molecule has 0 atom stereocenters. The van der Waals surface area contributed by atoms with E-state index in [2.05, 4.69) is 12.0 Å². The molecule has 0 aromatic rings. The number of nitrogens with one attached hydrogen (secondary N) is 1. The highest BCUT2D eigenvalue weighted by atomic mass is 16.2. The van der Waals surface area contributed by atoms with E-state index in [0.717, 1.165) is 19.5 Å². The Balaban J connectivity index is 2.53. The van der Waals surface area contributed by atoms with Gasteiger partial charge in [-0.1, -0.05) is 6.58 Å². The first-order valence-electron chi connectivity index (χ1n) is 3.67. The lowest BCUT2D eigenvalue weighted by molar-refractivity contribution is -0.151. The highest BCUT2D eigenvalue weighted by Gasteiger charge is 2.18. The monoisotopic (exact) mass is 155 g/mol. The summed E-state index contributed by atoms with van der Waals surface area (Å²) in [6.07, 6.45) is 2.31. The van der Waals surface area contributed by atoms with Gasteiger partial charge in [-0.05, 0) is 12.5 Å². The van der Waals surface area contributed by atoms with E-state index >= 15 is 0 Å². The van der Waals surface area contributed by atoms with E-state index in [4.69, 9.17) is 0 Å². The summed E-state index contributed by atoms with van der Waals surface area (Å²) in [5, 5.41) is 3.32. The van der Waals surface area contributed by atoms with Crippen molar-refractivity contribution in [2.45, 2.75) is 6.42 Å². The molecule has 1 heterocycles. The molecule has 0 spiro atoms. The number of hydrogen-bond donors (Lipinski definition) is 1. The highest BCUT2D eigenvalue weighted by molar-refractivity contribution is 5.86. The van der Waals surface area contributed by atoms with Crippen molar-refractivity contribution in [1.29, 1.82) is 0 Å². The molecule has 1 saturated heterocycles. The van der Waals surface area contributed by atoms with Gasteiger partial charge >= 0.3 is 0 Å². The van der Waals surface area contributed by atoms with E-state index < -0.39 is 0 Å². The number of amides is 1. The van der Waals surface area contributed by atoms with Crippen LogP contribution in [0.1, 0.15) is 6.42 Å². The first-order valence-corrected chi connectivity index (χ1v) is 3.67. The van der Waals surface area contributed by atoms with Crippen molar-refractivity contribution in [3.63, 3.8) is 0 Å². The smallest absolute Gasteiger partial charge is 0.261 e. The predicted octanol–water partition coefficient (Wildman–Crippen LogP) is -0.244. The van der Waals surface area contributed by atoms with E-state index in [0.29, 0.717) is 0 Å². The molecular weight excluding hydrogens is 142 g/mol. The molecule has 4 heteroatoms. The van der Waals surface area contributed by atoms with Gasteiger partial charge in [-0.2, -0.15) is 5.12 Å². The molecule has 1 N–H and O–H groups in total. The molecule has 1 aliphatic heterocycles. The number of hydrazine groups is 2. The molecule has 0 unspecified atom stereocenters. The predicted molar refractivity (Wildman–Crippen MR) is 42.3 cm³/mol. The lowest BCUT2D eigenvalue weighted by atomic mass is 10.4. The maximum atomic E-state index is 11.1. The van der Waals surface area contributed by atoms with Gasteiger partial charge in [0.2, 0.25) is 0 Å². The van der Waals surface area contributed by atoms with E-state index in [9.17, 15) is 4.79 Å². The molecule has 0 aromatic carbocycles. The molecule has 4 nitrogen and oxygen atoms in total. The summed E-state index contributed by atoms with van der Waals surface area (Å²) in [6.45, 7) is 5.12. The Morgan fingerprint density at radius 2 is 2.45 bits per heavy atom. The highest BCUT2D eigenvalue weighted by Crippen LogP contribution is 2.00. The molecule has 1 amide bonds. The molecule has 0 aromatic heterocycles. The summed E-state index contributed by atoms with van der Waals surface area (Å²) in [6, 6.07) is 0. The van der Waals surface area contributed by atoms with Gasteiger partial charge in [0.15, 0.2) is 0 Å². The van der Waals surface area contributed by atoms with Gasteiger partial charge in [-0.25, -0.2) is 5.43 Å². The van der Waals surface area contributed by atoms with Crippen LogP contribution >= 0.6 is 0 Å². The van der Waals surface area contributed by atoms with Crippen molar-refractivity contribution in [3.05, 3.63) is 12.7 Å². The summed E-state index contributed by atoms with van der Waals surface area (Å²) in [4.78, 5) is 11.1. The molecule has 11 heavy (non-hydrogen) atoms. The van der Waals surface area contributed by atoms with Crippen molar-refractivity contribution in [3.8, 4) is 0 Å². The fourth-order valence-corrected chi connectivity index (χ4v) is 1.07. The number of nitrogens with zero attached hydrogens (tertiary/aromatic N) is 2. The molecule has 62 valence electrons. The van der Waals surface area contributed by atoms with Crippen LogP contribution in [0.15, 0.2) is 12.7 Å². The molecule has 0 radical (unpaired) electrons. The van der Waals surface area contributed by atoms with Gasteiger partial charge in [0.1, 0.15) is 0 Å². The second-order valence-electron chi connectivity index (χ2n) is 2.45. The third kappa shape index (κ3) is 1.78. The Morgan fingerprint density at radius 3 is 3.00 bits per heavy atom. The number of carbonyl (C=O) groups is 1. The number of rotatable bonds is 1. The van der Waals surface area contributed by atoms with E-state index in [1.165, 1.54) is 6.08 Å². The van der Waals surface area contributed by atoms with E-state index in [1.807, 2.05) is 7.05 Å². The van der Waals surface area contributed by atoms with Gasteiger partial charge in [0.05, 0.1) is 0 Å². The van der Waals surface area contributed by atoms with E-state index in [-0.39, 0.29) is 5.91 Å². The minimum Gasteiger partial charge on any atom is -0.268 e. The van der Waals surface area contributed by atoms with Crippen LogP contribution in [0.4, 0.5) is 0 Å². The van der Waals surface area contributed by atoms with Gasteiger partial charge < -0.3 is 0 Å². The Hall–Kier alpha value is -0.870. The molecule has 1 rings (SSSR count). The van der Waals surface area contributed by atoms with Crippen LogP contribution in [0.5, 0.6) is 0 Å². The molecule has 0 bridgehead atoms. The fourth-order valence-electron chi connectivity index (χ4n) is 1.07. The molecule has 0 saturated carbocycles. The third-order valence-corrected chi connectivity index (χ3v) is 1.68. The van der Waals surface area contributed by atoms with Crippen LogP contribution in [0.2, 0.25) is 0 Å². The maximum Gasteiger partial charge on any atom is 0.261 e. The summed E-state index contributed by atoms with van der Waals surface area (Å²) >= 11 is 0. The maximum absolute atomic E-state index is 11.1. The standard InChI is InChI=1S/C7H13N3O/c1-3-7(11)10-6-4-5-8-9(10)2/h3,8H,1,4-6H2,2H3. The second kappa shape index (κ2) is 3.50. The minimum atomic E-state index is -0.0558. The molecule has 0 aliphatic carbocycles. The van der Waals surface area contributed by atoms with Crippen molar-refractivity contribution in [2.24, 2.45) is 0 Å². The Labute approximate surface area is 66.4 Å². The SMILES string of the molecule is C=CC(=O)N1CCCNN1C. The zero-order valence-corrected chi connectivity index (χ0v) is 6.71. The second-order valence-corrected chi connectivity index (χ2v) is 2.45. The lowest BCUT2D eigenvalue weighted by Gasteiger charge is -2.35. The van der Waals surface area contributed by atoms with Crippen LogP contribution in [0.3, 0.4) is 0 Å². The van der Waals surface area contributed by atoms with Gasteiger partial charge in [0, 0.05) is 20.1 Å². The van der Waals surface area contributed by atoms with Crippen molar-refractivity contribution in [1.82, 2.24) is 15.6 Å². The topological polar surface area (TPSA) is 35.6 Å². The average Bonchev–Trinajstić information content (AvgIpc) is 2.04. The van der Waals surface area contributed by atoms with Gasteiger partial charge in [-0.3, -0.25) is 9.80 Å². The first kappa shape index (κ1) is 8.23. The van der Waals surface area contributed by atoms with Gasteiger partial charge in [-0.15, -0.1) is 0 Å². The summed E-state index contributed by atoms with van der Waals surface area (Å²) in [5.41, 5.74) is 3.04. The lowest BCUT2D eigenvalue weighted by Crippen LogP contribution is -2.55. The third-order valence-electron chi connectivity index (χ3n) is 1.68. The molecule has 1 fully saturated rings. The Bertz CT molecular complexity index is 169. The zero-order valence-electron chi connectivity index (χ0n) is 6.71.